The van der Waals surface area contributed by atoms with Crippen LogP contribution < -0.4 is 10.1 Å². The van der Waals surface area contributed by atoms with Crippen molar-refractivity contribution in [1.82, 2.24) is 20.3 Å². The highest BCUT2D eigenvalue weighted by Gasteiger charge is 2.14. The van der Waals surface area contributed by atoms with Crippen LogP contribution in [0.5, 0.6) is 11.8 Å². The summed E-state index contributed by atoms with van der Waals surface area (Å²) >= 11 is 0. The molecule has 17 heavy (non-hydrogen) atoms. The molecular weight excluding hydrogens is 216 g/mol. The summed E-state index contributed by atoms with van der Waals surface area (Å²) in [5.74, 6) is 0.693. The zero-order chi connectivity index (χ0) is 11.7. The summed E-state index contributed by atoms with van der Waals surface area (Å²) in [6.45, 7) is 3.51. The van der Waals surface area contributed by atoms with E-state index in [9.17, 15) is 0 Å². The fraction of sp³-hybridized carbons (Fsp3) is 0.250. The van der Waals surface area contributed by atoms with Gasteiger partial charge in [-0.2, -0.15) is 4.98 Å². The van der Waals surface area contributed by atoms with E-state index in [0.717, 1.165) is 30.0 Å². The third kappa shape index (κ3) is 1.97. The second kappa shape index (κ2) is 4.10. The van der Waals surface area contributed by atoms with Crippen LogP contribution in [0.2, 0.25) is 0 Å². The maximum absolute atomic E-state index is 5.62. The van der Waals surface area contributed by atoms with E-state index >= 15 is 0 Å². The number of nitrogens with zero attached hydrogens (tertiary/aromatic N) is 3. The summed E-state index contributed by atoms with van der Waals surface area (Å²) in [6, 6.07) is 4.07. The fourth-order valence-electron chi connectivity index (χ4n) is 1.76. The van der Waals surface area contributed by atoms with Gasteiger partial charge in [0.05, 0.1) is 11.4 Å². The molecule has 3 heterocycles. The van der Waals surface area contributed by atoms with Crippen LogP contribution in [0.4, 0.5) is 0 Å². The molecule has 0 fully saturated rings. The Hall–Kier alpha value is -2.01. The molecule has 0 saturated heterocycles. The average molecular weight is 228 g/mol. The van der Waals surface area contributed by atoms with Crippen molar-refractivity contribution in [3.63, 3.8) is 0 Å². The zero-order valence-electron chi connectivity index (χ0n) is 9.47. The molecule has 0 bridgehead atoms. The lowest BCUT2D eigenvalue weighted by Gasteiger charge is -2.06. The predicted octanol–water partition coefficient (Wildman–Crippen LogP) is 1.58. The van der Waals surface area contributed by atoms with Crippen molar-refractivity contribution in [3.05, 3.63) is 41.5 Å². The van der Waals surface area contributed by atoms with Gasteiger partial charge in [0, 0.05) is 31.0 Å². The number of ether oxygens (including phenoxy) is 1. The van der Waals surface area contributed by atoms with E-state index in [1.54, 1.807) is 6.20 Å². The smallest absolute Gasteiger partial charge is 0.322 e. The SMILES string of the molecule is Cc1ncccc1Oc1ncc2c(n1)CNC2. The number of nitrogens with one attached hydrogen (secondary N) is 1. The minimum absolute atomic E-state index is 0.378. The van der Waals surface area contributed by atoms with E-state index in [0.29, 0.717) is 11.8 Å². The van der Waals surface area contributed by atoms with Gasteiger partial charge >= 0.3 is 6.01 Å². The maximum atomic E-state index is 5.62. The minimum Gasteiger partial charge on any atom is -0.422 e. The molecule has 0 aliphatic carbocycles. The molecule has 0 unspecified atom stereocenters. The molecule has 1 aliphatic heterocycles. The van der Waals surface area contributed by atoms with Crippen LogP contribution in [0.1, 0.15) is 17.0 Å². The normalized spacial score (nSPS) is 13.5. The Bertz CT molecular complexity index is 556. The predicted molar refractivity (Wildman–Crippen MR) is 61.6 cm³/mol. The standard InChI is InChI=1S/C12H12N4O/c1-8-11(3-2-4-14-8)17-12-15-6-9-5-13-7-10(9)16-12/h2-4,6,13H,5,7H2,1H3. The Balaban J connectivity index is 1.89. The first-order valence-electron chi connectivity index (χ1n) is 5.48. The molecule has 1 N–H and O–H groups in total. The van der Waals surface area contributed by atoms with Gasteiger partial charge in [0.25, 0.3) is 0 Å². The molecule has 0 atom stereocenters. The summed E-state index contributed by atoms with van der Waals surface area (Å²) in [6.07, 6.45) is 3.54. The highest BCUT2D eigenvalue weighted by Crippen LogP contribution is 2.21. The highest BCUT2D eigenvalue weighted by atomic mass is 16.5. The van der Waals surface area contributed by atoms with Crippen molar-refractivity contribution in [2.75, 3.05) is 0 Å². The van der Waals surface area contributed by atoms with Crippen LogP contribution in [0.15, 0.2) is 24.5 Å². The fourth-order valence-corrected chi connectivity index (χ4v) is 1.76. The van der Waals surface area contributed by atoms with E-state index < -0.39 is 0 Å². The maximum Gasteiger partial charge on any atom is 0.322 e. The number of hydrogen-bond donors (Lipinski definition) is 1. The van der Waals surface area contributed by atoms with Crippen molar-refractivity contribution in [3.8, 4) is 11.8 Å². The van der Waals surface area contributed by atoms with Gasteiger partial charge in [-0.3, -0.25) is 4.98 Å². The van der Waals surface area contributed by atoms with Crippen molar-refractivity contribution < 1.29 is 4.74 Å². The van der Waals surface area contributed by atoms with Crippen molar-refractivity contribution >= 4 is 0 Å². The molecule has 2 aromatic heterocycles. The van der Waals surface area contributed by atoms with Crippen LogP contribution in [0, 0.1) is 6.92 Å². The molecule has 0 amide bonds. The third-order valence-electron chi connectivity index (χ3n) is 2.70. The topological polar surface area (TPSA) is 59.9 Å². The number of fused-ring (bicyclic) bond motifs is 1. The highest BCUT2D eigenvalue weighted by molar-refractivity contribution is 5.29. The molecule has 0 aromatic carbocycles. The van der Waals surface area contributed by atoms with Gasteiger partial charge in [-0.05, 0) is 19.1 Å². The summed E-state index contributed by atoms with van der Waals surface area (Å²) < 4.78 is 5.62. The minimum atomic E-state index is 0.378. The van der Waals surface area contributed by atoms with Crippen LogP contribution in [-0.4, -0.2) is 15.0 Å². The Morgan fingerprint density at radius 3 is 3.12 bits per heavy atom. The second-order valence-corrected chi connectivity index (χ2v) is 3.92. The average Bonchev–Trinajstić information content (AvgIpc) is 2.79. The number of hydrogen-bond acceptors (Lipinski definition) is 5. The van der Waals surface area contributed by atoms with E-state index in [4.69, 9.17) is 4.74 Å². The molecule has 86 valence electrons. The molecule has 0 spiro atoms. The lowest BCUT2D eigenvalue weighted by molar-refractivity contribution is 0.434. The first-order chi connectivity index (χ1) is 8.33. The van der Waals surface area contributed by atoms with Crippen molar-refractivity contribution in [2.45, 2.75) is 20.0 Å². The Morgan fingerprint density at radius 2 is 2.24 bits per heavy atom. The van der Waals surface area contributed by atoms with Gasteiger partial charge in [-0.15, -0.1) is 0 Å². The van der Waals surface area contributed by atoms with Gasteiger partial charge in [0.2, 0.25) is 0 Å². The molecule has 2 aromatic rings. The number of rotatable bonds is 2. The first kappa shape index (κ1) is 10.2. The van der Waals surface area contributed by atoms with Crippen molar-refractivity contribution in [1.29, 1.82) is 0 Å². The number of pyridine rings is 1. The molecule has 5 heteroatoms. The molecule has 0 saturated carbocycles. The second-order valence-electron chi connectivity index (χ2n) is 3.92. The lowest BCUT2D eigenvalue weighted by Crippen LogP contribution is -2.00. The molecule has 3 rings (SSSR count). The van der Waals surface area contributed by atoms with Crippen molar-refractivity contribution in [2.24, 2.45) is 0 Å². The zero-order valence-corrected chi connectivity index (χ0v) is 9.47. The van der Waals surface area contributed by atoms with Gasteiger partial charge < -0.3 is 10.1 Å². The van der Waals surface area contributed by atoms with E-state index in [1.165, 1.54) is 0 Å². The Morgan fingerprint density at radius 1 is 1.29 bits per heavy atom. The summed E-state index contributed by atoms with van der Waals surface area (Å²) in [7, 11) is 0. The quantitative estimate of drug-likeness (QED) is 0.845. The molecule has 1 aliphatic rings. The first-order valence-corrected chi connectivity index (χ1v) is 5.48. The molecular formula is C12H12N4O. The molecule has 0 radical (unpaired) electrons. The molecule has 5 nitrogen and oxygen atoms in total. The van der Waals surface area contributed by atoms with Crippen LogP contribution in [0.3, 0.4) is 0 Å². The van der Waals surface area contributed by atoms with Gasteiger partial charge in [0.15, 0.2) is 5.75 Å². The largest absolute Gasteiger partial charge is 0.422 e. The van der Waals surface area contributed by atoms with Crippen LogP contribution in [0.25, 0.3) is 0 Å². The van der Waals surface area contributed by atoms with Gasteiger partial charge in [-0.25, -0.2) is 4.98 Å². The van der Waals surface area contributed by atoms with Gasteiger partial charge in [-0.1, -0.05) is 0 Å². The van der Waals surface area contributed by atoms with Crippen LogP contribution >= 0.6 is 0 Å². The lowest BCUT2D eigenvalue weighted by atomic mass is 10.3. The van der Waals surface area contributed by atoms with Gasteiger partial charge in [0.1, 0.15) is 0 Å². The summed E-state index contributed by atoms with van der Waals surface area (Å²) in [5, 5.41) is 3.22. The number of aromatic nitrogens is 3. The Labute approximate surface area is 98.9 Å². The number of aryl methyl sites for hydroxylation is 1. The van der Waals surface area contributed by atoms with Crippen LogP contribution in [-0.2, 0) is 13.1 Å². The third-order valence-corrected chi connectivity index (χ3v) is 2.70. The Kier molecular flexibility index (Phi) is 2.45. The summed E-state index contributed by atoms with van der Waals surface area (Å²) in [5.41, 5.74) is 2.98. The van der Waals surface area contributed by atoms with E-state index in [-0.39, 0.29) is 0 Å². The monoisotopic (exact) mass is 228 g/mol. The summed E-state index contributed by atoms with van der Waals surface area (Å²) in [4.78, 5) is 12.7. The van der Waals surface area contributed by atoms with E-state index in [1.807, 2.05) is 25.3 Å². The van der Waals surface area contributed by atoms with E-state index in [2.05, 4.69) is 20.3 Å².